The molecule has 214 valence electrons. The van der Waals surface area contributed by atoms with Gasteiger partial charge in [0.1, 0.15) is 17.1 Å². The van der Waals surface area contributed by atoms with Gasteiger partial charge >= 0.3 is 6.18 Å². The summed E-state index contributed by atoms with van der Waals surface area (Å²) < 4.78 is 45.8. The van der Waals surface area contributed by atoms with Gasteiger partial charge in [0.05, 0.1) is 12.2 Å². The third-order valence-corrected chi connectivity index (χ3v) is 10.1. The molecular formula is C32H47F3O3. The van der Waals surface area contributed by atoms with Crippen molar-refractivity contribution in [2.24, 2.45) is 35.5 Å². The predicted molar refractivity (Wildman–Crippen MR) is 144 cm³/mol. The van der Waals surface area contributed by atoms with Crippen molar-refractivity contribution >= 4 is 5.78 Å². The molecule has 0 spiro atoms. The van der Waals surface area contributed by atoms with Crippen LogP contribution in [-0.4, -0.2) is 17.5 Å². The first-order chi connectivity index (χ1) is 18.2. The van der Waals surface area contributed by atoms with Gasteiger partial charge < -0.3 is 9.84 Å². The van der Waals surface area contributed by atoms with Crippen LogP contribution in [0.25, 0.3) is 0 Å². The van der Waals surface area contributed by atoms with Crippen molar-refractivity contribution in [3.63, 3.8) is 0 Å². The number of halogens is 3. The van der Waals surface area contributed by atoms with E-state index in [1.54, 1.807) is 6.92 Å². The van der Waals surface area contributed by atoms with Gasteiger partial charge in [-0.15, -0.1) is 0 Å². The number of phenols is 1. The molecule has 0 saturated heterocycles. The zero-order chi connectivity index (χ0) is 27.3. The number of carbonyl (C=O) groups is 1. The summed E-state index contributed by atoms with van der Waals surface area (Å²) in [6.45, 7) is 3.93. The lowest BCUT2D eigenvalue weighted by atomic mass is 9.64. The lowest BCUT2D eigenvalue weighted by Crippen LogP contribution is -2.30. The molecule has 6 heteroatoms. The van der Waals surface area contributed by atoms with E-state index in [0.717, 1.165) is 61.3 Å². The molecule has 0 aliphatic heterocycles. The molecule has 3 fully saturated rings. The first kappa shape index (κ1) is 29.3. The van der Waals surface area contributed by atoms with Crippen molar-refractivity contribution in [3.05, 3.63) is 23.3 Å². The summed E-state index contributed by atoms with van der Waals surface area (Å²) in [5.74, 6) is 2.68. The fourth-order valence-corrected chi connectivity index (χ4v) is 8.03. The van der Waals surface area contributed by atoms with E-state index in [9.17, 15) is 23.1 Å². The quantitative estimate of drug-likeness (QED) is 0.320. The Morgan fingerprint density at radius 3 is 1.74 bits per heavy atom. The standard InChI is InChI=1S/C32H47F3O3/c1-3-5-21-6-10-23(11-7-21)25-14-16-26(17-15-25)24-12-8-22(9-13-24)20-28(36)27-18-19-29(38-4-2)30(31(27)37)32(33,34)35/h18-19,21-26,37H,3-17,20H2,1-2H3. The molecule has 0 heterocycles. The molecule has 0 amide bonds. The lowest BCUT2D eigenvalue weighted by Gasteiger charge is -2.41. The van der Waals surface area contributed by atoms with E-state index in [1.807, 2.05) is 0 Å². The van der Waals surface area contributed by atoms with Gasteiger partial charge in [0.25, 0.3) is 0 Å². The molecule has 1 N–H and O–H groups in total. The molecule has 3 aliphatic rings. The second-order valence-corrected chi connectivity index (χ2v) is 12.4. The van der Waals surface area contributed by atoms with E-state index in [2.05, 4.69) is 6.92 Å². The molecule has 4 rings (SSSR count). The Bertz CT molecular complexity index is 903. The van der Waals surface area contributed by atoms with Crippen LogP contribution in [0.5, 0.6) is 11.5 Å². The number of ether oxygens (including phenoxy) is 1. The van der Waals surface area contributed by atoms with E-state index >= 15 is 0 Å². The molecule has 38 heavy (non-hydrogen) atoms. The van der Waals surface area contributed by atoms with Crippen LogP contribution in [0.4, 0.5) is 13.2 Å². The fourth-order valence-electron chi connectivity index (χ4n) is 8.03. The van der Waals surface area contributed by atoms with Gasteiger partial charge in [0, 0.05) is 6.42 Å². The van der Waals surface area contributed by atoms with E-state index in [-0.39, 0.29) is 24.5 Å². The number of phenolic OH excluding ortho intramolecular Hbond substituents is 1. The van der Waals surface area contributed by atoms with Crippen LogP contribution in [0.15, 0.2) is 12.1 Å². The maximum Gasteiger partial charge on any atom is 0.423 e. The maximum absolute atomic E-state index is 13.6. The van der Waals surface area contributed by atoms with Crippen LogP contribution < -0.4 is 4.74 Å². The van der Waals surface area contributed by atoms with Crippen molar-refractivity contribution in [2.45, 2.75) is 116 Å². The Balaban J connectivity index is 1.24. The number of ketones is 1. The molecule has 1 aromatic carbocycles. The molecule has 0 aromatic heterocycles. The van der Waals surface area contributed by atoms with Crippen molar-refractivity contribution < 1.29 is 27.8 Å². The highest BCUT2D eigenvalue weighted by Crippen LogP contribution is 2.48. The van der Waals surface area contributed by atoms with Gasteiger partial charge in [-0.25, -0.2) is 0 Å². The van der Waals surface area contributed by atoms with E-state index < -0.39 is 29.0 Å². The van der Waals surface area contributed by atoms with Gasteiger partial charge in [-0.05, 0) is 119 Å². The van der Waals surface area contributed by atoms with Crippen molar-refractivity contribution in [2.75, 3.05) is 6.61 Å². The lowest BCUT2D eigenvalue weighted by molar-refractivity contribution is -0.140. The molecule has 3 saturated carbocycles. The van der Waals surface area contributed by atoms with Gasteiger partial charge in [0.15, 0.2) is 5.78 Å². The molecular weight excluding hydrogens is 489 g/mol. The summed E-state index contributed by atoms with van der Waals surface area (Å²) in [7, 11) is 0. The molecule has 0 bridgehead atoms. The average Bonchev–Trinajstić information content (AvgIpc) is 2.89. The topological polar surface area (TPSA) is 46.5 Å². The average molecular weight is 537 g/mol. The number of rotatable bonds is 9. The minimum Gasteiger partial charge on any atom is -0.506 e. The first-order valence-corrected chi connectivity index (χ1v) is 15.3. The van der Waals surface area contributed by atoms with Gasteiger partial charge in [-0.2, -0.15) is 13.2 Å². The van der Waals surface area contributed by atoms with E-state index in [4.69, 9.17) is 4.74 Å². The normalized spacial score (nSPS) is 30.7. The number of carbonyl (C=O) groups excluding carboxylic acids is 1. The zero-order valence-corrected chi connectivity index (χ0v) is 23.3. The Kier molecular flexibility index (Phi) is 10.1. The highest BCUT2D eigenvalue weighted by atomic mass is 19.4. The second-order valence-electron chi connectivity index (χ2n) is 12.4. The van der Waals surface area contributed by atoms with E-state index in [1.165, 1.54) is 70.3 Å². The number of aromatic hydroxyl groups is 1. The van der Waals surface area contributed by atoms with Crippen LogP contribution in [0.2, 0.25) is 0 Å². The van der Waals surface area contributed by atoms with E-state index in [0.29, 0.717) is 0 Å². The van der Waals surface area contributed by atoms with Gasteiger partial charge in [-0.1, -0.05) is 32.6 Å². The van der Waals surface area contributed by atoms with Crippen LogP contribution in [0.3, 0.4) is 0 Å². The Morgan fingerprint density at radius 1 is 0.816 bits per heavy atom. The zero-order valence-electron chi connectivity index (χ0n) is 23.3. The Morgan fingerprint density at radius 2 is 1.29 bits per heavy atom. The molecule has 1 aromatic rings. The molecule has 0 unspecified atom stereocenters. The van der Waals surface area contributed by atoms with Crippen LogP contribution >= 0.6 is 0 Å². The fraction of sp³-hybridized carbons (Fsp3) is 0.781. The minimum atomic E-state index is -4.80. The van der Waals surface area contributed by atoms with Crippen LogP contribution in [0, 0.1) is 35.5 Å². The molecule has 0 atom stereocenters. The predicted octanol–water partition coefficient (Wildman–Crippen LogP) is 9.60. The summed E-state index contributed by atoms with van der Waals surface area (Å²) in [4.78, 5) is 12.9. The third-order valence-electron chi connectivity index (χ3n) is 10.1. The summed E-state index contributed by atoms with van der Waals surface area (Å²) in [5, 5.41) is 10.4. The van der Waals surface area contributed by atoms with Gasteiger partial charge in [0.2, 0.25) is 0 Å². The highest BCUT2D eigenvalue weighted by molar-refractivity contribution is 5.99. The monoisotopic (exact) mass is 536 g/mol. The molecule has 3 nitrogen and oxygen atoms in total. The van der Waals surface area contributed by atoms with Crippen molar-refractivity contribution in [1.82, 2.24) is 0 Å². The van der Waals surface area contributed by atoms with Crippen molar-refractivity contribution in [1.29, 1.82) is 0 Å². The summed E-state index contributed by atoms with van der Waals surface area (Å²) in [6, 6.07) is 2.43. The number of hydrogen-bond acceptors (Lipinski definition) is 3. The maximum atomic E-state index is 13.6. The summed E-state index contributed by atoms with van der Waals surface area (Å²) >= 11 is 0. The van der Waals surface area contributed by atoms with Crippen LogP contribution in [0.1, 0.15) is 126 Å². The third kappa shape index (κ3) is 7.07. The Labute approximate surface area is 226 Å². The SMILES string of the molecule is CCCC1CCC(C2CCC(C3CCC(CC(=O)c4ccc(OCC)c(C(F)(F)F)c4O)CC3)CC2)CC1. The summed E-state index contributed by atoms with van der Waals surface area (Å²) in [6.07, 6.45) is 13.4. The number of hydrogen-bond donors (Lipinski definition) is 1. The summed E-state index contributed by atoms with van der Waals surface area (Å²) in [5.41, 5.74) is -1.50. The molecule has 3 aliphatic carbocycles. The smallest absolute Gasteiger partial charge is 0.423 e. The number of benzene rings is 1. The molecule has 0 radical (unpaired) electrons. The highest BCUT2D eigenvalue weighted by Gasteiger charge is 2.40. The van der Waals surface area contributed by atoms with Crippen LogP contribution in [-0.2, 0) is 6.18 Å². The first-order valence-electron chi connectivity index (χ1n) is 15.3. The van der Waals surface area contributed by atoms with Crippen molar-refractivity contribution in [3.8, 4) is 11.5 Å². The number of Topliss-reactive ketones (excluding diaryl/α,β-unsaturated/α-hetero) is 1. The Hall–Kier alpha value is -1.72. The second kappa shape index (κ2) is 13.1. The number of alkyl halides is 3. The largest absolute Gasteiger partial charge is 0.506 e. The minimum absolute atomic E-state index is 0.0424. The van der Waals surface area contributed by atoms with Gasteiger partial charge in [-0.3, -0.25) is 4.79 Å².